The van der Waals surface area contributed by atoms with Crippen molar-refractivity contribution in [1.29, 1.82) is 0 Å². The zero-order valence-electron chi connectivity index (χ0n) is 8.90. The predicted octanol–water partition coefficient (Wildman–Crippen LogP) is 0.358. The van der Waals surface area contributed by atoms with E-state index in [9.17, 15) is 9.90 Å². The molecule has 15 heavy (non-hydrogen) atoms. The number of aliphatic hydroxyl groups is 1. The van der Waals surface area contributed by atoms with Crippen LogP contribution < -0.4 is 10.9 Å². The van der Waals surface area contributed by atoms with E-state index in [2.05, 4.69) is 10.3 Å². The van der Waals surface area contributed by atoms with Crippen LogP contribution in [0.3, 0.4) is 0 Å². The van der Waals surface area contributed by atoms with Gasteiger partial charge in [0.1, 0.15) is 0 Å². The van der Waals surface area contributed by atoms with Crippen molar-refractivity contribution in [2.75, 3.05) is 11.9 Å². The lowest BCUT2D eigenvalue weighted by atomic mass is 10.1. The fraction of sp³-hybridized carbons (Fsp3) is 0.600. The van der Waals surface area contributed by atoms with Gasteiger partial charge in [-0.25, -0.2) is 9.55 Å². The Morgan fingerprint density at radius 2 is 2.47 bits per heavy atom. The first-order valence-electron chi connectivity index (χ1n) is 5.12. The summed E-state index contributed by atoms with van der Waals surface area (Å²) in [4.78, 5) is 16.0. The summed E-state index contributed by atoms with van der Waals surface area (Å²) in [6.45, 7) is 4.45. The number of anilines is 1. The van der Waals surface area contributed by atoms with Gasteiger partial charge < -0.3 is 10.4 Å². The van der Waals surface area contributed by atoms with Crippen molar-refractivity contribution in [2.45, 2.75) is 26.5 Å². The molecule has 0 radical (unpaired) electrons. The highest BCUT2D eigenvalue weighted by Crippen LogP contribution is 2.16. The fourth-order valence-electron chi connectivity index (χ4n) is 1.77. The lowest BCUT2D eigenvalue weighted by Crippen LogP contribution is -2.26. The lowest BCUT2D eigenvalue weighted by Gasteiger charge is -2.09. The maximum absolute atomic E-state index is 11.9. The first-order valence-corrected chi connectivity index (χ1v) is 5.12. The fourth-order valence-corrected chi connectivity index (χ4v) is 1.77. The Bertz CT molecular complexity index is 425. The van der Waals surface area contributed by atoms with Gasteiger partial charge in [-0.15, -0.1) is 0 Å². The quantitative estimate of drug-likeness (QED) is 0.738. The SMILES string of the molecule is CC(C)Cc1cnc2n(c1=O)C(O)CN2. The van der Waals surface area contributed by atoms with Crippen LogP contribution >= 0.6 is 0 Å². The van der Waals surface area contributed by atoms with Crippen molar-refractivity contribution >= 4 is 5.95 Å². The zero-order chi connectivity index (χ0) is 11.0. The molecule has 1 atom stereocenters. The van der Waals surface area contributed by atoms with E-state index in [0.29, 0.717) is 30.4 Å². The molecule has 1 aliphatic rings. The van der Waals surface area contributed by atoms with Crippen molar-refractivity contribution in [3.05, 3.63) is 22.1 Å². The predicted molar refractivity (Wildman–Crippen MR) is 56.8 cm³/mol. The van der Waals surface area contributed by atoms with Crippen LogP contribution in [0.15, 0.2) is 11.0 Å². The summed E-state index contributed by atoms with van der Waals surface area (Å²) < 4.78 is 1.32. The number of hydrogen-bond donors (Lipinski definition) is 2. The maximum atomic E-state index is 11.9. The lowest BCUT2D eigenvalue weighted by molar-refractivity contribution is 0.127. The Kier molecular flexibility index (Phi) is 2.48. The molecule has 5 nitrogen and oxygen atoms in total. The number of fused-ring (bicyclic) bond motifs is 1. The Balaban J connectivity index is 2.45. The van der Waals surface area contributed by atoms with Gasteiger partial charge >= 0.3 is 0 Å². The third-order valence-corrected chi connectivity index (χ3v) is 2.43. The van der Waals surface area contributed by atoms with Gasteiger partial charge in [-0.05, 0) is 12.3 Å². The molecule has 1 aromatic heterocycles. The molecule has 82 valence electrons. The van der Waals surface area contributed by atoms with Crippen LogP contribution in [0.25, 0.3) is 0 Å². The van der Waals surface area contributed by atoms with Crippen LogP contribution in [0, 0.1) is 5.92 Å². The summed E-state index contributed by atoms with van der Waals surface area (Å²) in [6.07, 6.45) is 1.50. The largest absolute Gasteiger partial charge is 0.371 e. The maximum Gasteiger partial charge on any atom is 0.260 e. The zero-order valence-corrected chi connectivity index (χ0v) is 8.90. The molecule has 2 heterocycles. The molecule has 0 aliphatic carbocycles. The van der Waals surface area contributed by atoms with Gasteiger partial charge in [0.2, 0.25) is 5.95 Å². The Labute approximate surface area is 87.8 Å². The average molecular weight is 209 g/mol. The molecule has 0 bridgehead atoms. The smallest absolute Gasteiger partial charge is 0.260 e. The van der Waals surface area contributed by atoms with E-state index in [0.717, 1.165) is 0 Å². The second kappa shape index (κ2) is 3.66. The molecule has 1 aromatic rings. The molecule has 2 rings (SSSR count). The second-order valence-electron chi connectivity index (χ2n) is 4.24. The summed E-state index contributed by atoms with van der Waals surface area (Å²) in [7, 11) is 0. The summed E-state index contributed by atoms with van der Waals surface area (Å²) in [5.74, 6) is 0.865. The molecule has 1 aliphatic heterocycles. The van der Waals surface area contributed by atoms with Crippen molar-refractivity contribution in [1.82, 2.24) is 9.55 Å². The first-order chi connectivity index (χ1) is 7.09. The number of nitrogens with zero attached hydrogens (tertiary/aromatic N) is 2. The number of aliphatic hydroxyl groups excluding tert-OH is 1. The third-order valence-electron chi connectivity index (χ3n) is 2.43. The highest BCUT2D eigenvalue weighted by Gasteiger charge is 2.22. The Morgan fingerprint density at radius 3 is 3.13 bits per heavy atom. The van der Waals surface area contributed by atoms with Crippen molar-refractivity contribution in [2.24, 2.45) is 5.92 Å². The molecule has 0 fully saturated rings. The number of aromatic nitrogens is 2. The van der Waals surface area contributed by atoms with Gasteiger partial charge in [0.05, 0.1) is 6.54 Å². The number of β-amino-alcohol motifs (C(OH)–C–C–N with tert-alkyl or cyclic N) is 1. The minimum Gasteiger partial charge on any atom is -0.371 e. The van der Waals surface area contributed by atoms with Gasteiger partial charge in [-0.3, -0.25) is 4.79 Å². The molecule has 0 aromatic carbocycles. The van der Waals surface area contributed by atoms with Crippen LogP contribution in [0.2, 0.25) is 0 Å². The van der Waals surface area contributed by atoms with Crippen molar-refractivity contribution < 1.29 is 5.11 Å². The van der Waals surface area contributed by atoms with Crippen molar-refractivity contribution in [3.63, 3.8) is 0 Å². The van der Waals surface area contributed by atoms with Crippen LogP contribution in [-0.2, 0) is 6.42 Å². The molecule has 0 saturated heterocycles. The van der Waals surface area contributed by atoms with E-state index in [4.69, 9.17) is 0 Å². The Hall–Kier alpha value is -1.36. The summed E-state index contributed by atoms with van der Waals surface area (Å²) in [5.41, 5.74) is 0.530. The highest BCUT2D eigenvalue weighted by atomic mass is 16.3. The van der Waals surface area contributed by atoms with Crippen LogP contribution in [0.4, 0.5) is 5.95 Å². The van der Waals surface area contributed by atoms with Crippen LogP contribution in [0.5, 0.6) is 0 Å². The van der Waals surface area contributed by atoms with E-state index in [-0.39, 0.29) is 5.56 Å². The topological polar surface area (TPSA) is 67.2 Å². The minimum absolute atomic E-state index is 0.133. The summed E-state index contributed by atoms with van der Waals surface area (Å²) in [5, 5.41) is 12.5. The molecule has 0 amide bonds. The molecule has 2 N–H and O–H groups in total. The summed E-state index contributed by atoms with van der Waals surface area (Å²) in [6, 6.07) is 0. The number of rotatable bonds is 2. The highest BCUT2D eigenvalue weighted by molar-refractivity contribution is 5.32. The van der Waals surface area contributed by atoms with E-state index in [1.807, 2.05) is 13.8 Å². The molecule has 0 saturated carbocycles. The first kappa shape index (κ1) is 10.2. The van der Waals surface area contributed by atoms with E-state index in [1.54, 1.807) is 6.20 Å². The molecular formula is C10H15N3O2. The number of nitrogens with one attached hydrogen (secondary N) is 1. The monoisotopic (exact) mass is 209 g/mol. The van der Waals surface area contributed by atoms with Crippen LogP contribution in [-0.4, -0.2) is 21.2 Å². The standard InChI is InChI=1S/C10H15N3O2/c1-6(2)3-7-4-11-10-12-5-8(14)13(10)9(7)15/h4,6,8,14H,3,5H2,1-2H3,(H,11,12). The number of hydrogen-bond acceptors (Lipinski definition) is 4. The summed E-state index contributed by atoms with van der Waals surface area (Å²) >= 11 is 0. The molecule has 0 spiro atoms. The Morgan fingerprint density at radius 1 is 1.73 bits per heavy atom. The molecule has 5 heteroatoms. The van der Waals surface area contributed by atoms with E-state index in [1.165, 1.54) is 4.57 Å². The van der Waals surface area contributed by atoms with Gasteiger partial charge in [-0.1, -0.05) is 13.8 Å². The van der Waals surface area contributed by atoms with Crippen molar-refractivity contribution in [3.8, 4) is 0 Å². The van der Waals surface area contributed by atoms with Gasteiger partial charge in [0.25, 0.3) is 5.56 Å². The van der Waals surface area contributed by atoms with E-state index < -0.39 is 6.23 Å². The molecular weight excluding hydrogens is 194 g/mol. The molecule has 1 unspecified atom stereocenters. The van der Waals surface area contributed by atoms with E-state index >= 15 is 0 Å². The second-order valence-corrected chi connectivity index (χ2v) is 4.24. The average Bonchev–Trinajstić information content (AvgIpc) is 2.53. The van der Waals surface area contributed by atoms with Crippen LogP contribution in [0.1, 0.15) is 25.6 Å². The van der Waals surface area contributed by atoms with Gasteiger partial charge in [-0.2, -0.15) is 0 Å². The van der Waals surface area contributed by atoms with Gasteiger partial charge in [0, 0.05) is 11.8 Å². The minimum atomic E-state index is -0.785. The third kappa shape index (κ3) is 1.74. The normalized spacial score (nSPS) is 19.1. The van der Waals surface area contributed by atoms with Gasteiger partial charge in [0.15, 0.2) is 6.23 Å².